The van der Waals surface area contributed by atoms with Crippen LogP contribution in [-0.4, -0.2) is 51.8 Å². The van der Waals surface area contributed by atoms with Crippen LogP contribution in [0.1, 0.15) is 72.6 Å². The van der Waals surface area contributed by atoms with E-state index in [1.807, 2.05) is 0 Å². The molecule has 0 aromatic heterocycles. The number of hydrogen-bond donors (Lipinski definition) is 0. The van der Waals surface area contributed by atoms with E-state index >= 15 is 0 Å². The molecule has 4 heteroatoms. The maximum absolute atomic E-state index is 2.53. The third-order valence-corrected chi connectivity index (χ3v) is 6.32. The lowest BCUT2D eigenvalue weighted by Gasteiger charge is -2.41. The van der Waals surface area contributed by atoms with E-state index in [1.54, 1.807) is 0 Å². The van der Waals surface area contributed by atoms with E-state index in [1.165, 1.54) is 71.1 Å². The maximum atomic E-state index is 2.53. The molecule has 132 valence electrons. The quantitative estimate of drug-likeness (QED) is 0.695. The van der Waals surface area contributed by atoms with E-state index in [-0.39, 0.29) is 0 Å². The second kappa shape index (κ2) is 7.95. The van der Waals surface area contributed by atoms with E-state index in [0.717, 1.165) is 11.8 Å². The molecule has 0 atom stereocenters. The maximum Gasteiger partial charge on any atom is 0.185 e. The van der Waals surface area contributed by atoms with Crippen LogP contribution in [0, 0.1) is 22.7 Å². The molecule has 0 N–H and O–H groups in total. The summed E-state index contributed by atoms with van der Waals surface area (Å²) in [6.07, 6.45) is 9.89. The largest absolute Gasteiger partial charge is 0.349 e. The summed E-state index contributed by atoms with van der Waals surface area (Å²) in [5, 5.41) is 0. The van der Waals surface area contributed by atoms with Gasteiger partial charge in [-0.05, 0) is 93.8 Å². The van der Waals surface area contributed by atoms with Crippen molar-refractivity contribution in [1.82, 2.24) is 9.62 Å². The molecular formula is C19H40B2N2. The van der Waals surface area contributed by atoms with Crippen LogP contribution in [0.3, 0.4) is 0 Å². The molecule has 2 saturated heterocycles. The second-order valence-corrected chi connectivity index (χ2v) is 10.4. The third-order valence-electron chi connectivity index (χ3n) is 6.32. The van der Waals surface area contributed by atoms with Gasteiger partial charge in [-0.2, -0.15) is 0 Å². The molecule has 0 radical (unpaired) electrons. The zero-order chi connectivity index (χ0) is 17.1. The molecule has 0 aromatic rings. The summed E-state index contributed by atoms with van der Waals surface area (Å²) in [4.78, 5) is 4.99. The highest BCUT2D eigenvalue weighted by Crippen LogP contribution is 2.44. The van der Waals surface area contributed by atoms with Crippen molar-refractivity contribution in [2.45, 2.75) is 72.6 Å². The van der Waals surface area contributed by atoms with E-state index < -0.39 is 0 Å². The highest BCUT2D eigenvalue weighted by Gasteiger charge is 2.33. The Bertz CT molecular complexity index is 320. The molecule has 2 aliphatic rings. The van der Waals surface area contributed by atoms with Crippen LogP contribution in [-0.2, 0) is 0 Å². The van der Waals surface area contributed by atoms with E-state index in [9.17, 15) is 0 Å². The molecule has 2 fully saturated rings. The standard InChI is InChI=1S/C19H40B2N2/c1-18(2,13-16-5-9-22(20)10-6-16)15-19(3,4)14-17-7-11-23(21)12-8-17/h16-17H,5-15,20-21H2,1-4H3. The average molecular weight is 318 g/mol. The van der Waals surface area contributed by atoms with E-state index in [2.05, 4.69) is 53.3 Å². The van der Waals surface area contributed by atoms with Gasteiger partial charge in [0.15, 0.2) is 16.0 Å². The molecule has 0 saturated carbocycles. The Kier molecular flexibility index (Phi) is 6.70. The Hall–Kier alpha value is 0.0499. The minimum atomic E-state index is 0.496. The fourth-order valence-corrected chi connectivity index (χ4v) is 5.54. The van der Waals surface area contributed by atoms with Gasteiger partial charge in [0.1, 0.15) is 0 Å². The molecule has 2 rings (SSSR count). The summed E-state index contributed by atoms with van der Waals surface area (Å²) in [5.74, 6) is 1.92. The van der Waals surface area contributed by atoms with Crippen molar-refractivity contribution >= 4 is 16.0 Å². The fourth-order valence-electron chi connectivity index (χ4n) is 5.54. The first-order chi connectivity index (χ1) is 10.7. The SMILES string of the molecule is BN1CCC(CC(C)(C)CC(C)(C)CC2CCN(B)CC2)CC1. The molecule has 2 heterocycles. The summed E-state index contributed by atoms with van der Waals surface area (Å²) in [5.41, 5.74) is 0.991. The van der Waals surface area contributed by atoms with Crippen LogP contribution in [0.4, 0.5) is 0 Å². The Balaban J connectivity index is 1.80. The van der Waals surface area contributed by atoms with Crippen LogP contribution in [0.2, 0.25) is 0 Å². The zero-order valence-electron chi connectivity index (χ0n) is 16.8. The number of rotatable bonds is 6. The zero-order valence-corrected chi connectivity index (χ0v) is 16.8. The molecule has 0 aromatic carbocycles. The van der Waals surface area contributed by atoms with Crippen molar-refractivity contribution in [1.29, 1.82) is 0 Å². The molecule has 0 amide bonds. The molecule has 0 aliphatic carbocycles. The predicted molar refractivity (Wildman–Crippen MR) is 107 cm³/mol. The summed E-state index contributed by atoms with van der Waals surface area (Å²) >= 11 is 0. The molecular weight excluding hydrogens is 278 g/mol. The van der Waals surface area contributed by atoms with Crippen LogP contribution in [0.25, 0.3) is 0 Å². The van der Waals surface area contributed by atoms with Crippen LogP contribution < -0.4 is 0 Å². The van der Waals surface area contributed by atoms with Crippen molar-refractivity contribution < 1.29 is 0 Å². The van der Waals surface area contributed by atoms with Crippen LogP contribution in [0.15, 0.2) is 0 Å². The minimum Gasteiger partial charge on any atom is -0.349 e. The molecule has 0 unspecified atom stereocenters. The molecule has 0 spiro atoms. The summed E-state index contributed by atoms with van der Waals surface area (Å²) in [7, 11) is 4.54. The summed E-state index contributed by atoms with van der Waals surface area (Å²) in [6, 6.07) is 0. The van der Waals surface area contributed by atoms with Crippen molar-refractivity contribution in [3.63, 3.8) is 0 Å². The van der Waals surface area contributed by atoms with E-state index in [0.29, 0.717) is 10.8 Å². The Labute approximate surface area is 147 Å². The van der Waals surface area contributed by atoms with Gasteiger partial charge in [0.2, 0.25) is 0 Å². The second-order valence-electron chi connectivity index (χ2n) is 10.4. The van der Waals surface area contributed by atoms with Crippen molar-refractivity contribution in [3.8, 4) is 0 Å². The topological polar surface area (TPSA) is 6.48 Å². The molecule has 2 nitrogen and oxygen atoms in total. The number of nitrogens with zero attached hydrogens (tertiary/aromatic N) is 2. The van der Waals surface area contributed by atoms with Gasteiger partial charge < -0.3 is 9.62 Å². The first-order valence-electron chi connectivity index (χ1n) is 10.0. The normalized spacial score (nSPS) is 24.2. The Morgan fingerprint density at radius 1 is 0.696 bits per heavy atom. The lowest BCUT2D eigenvalue weighted by atomic mass is 9.66. The van der Waals surface area contributed by atoms with Crippen molar-refractivity contribution in [2.24, 2.45) is 22.7 Å². The monoisotopic (exact) mass is 318 g/mol. The van der Waals surface area contributed by atoms with Gasteiger partial charge in [0, 0.05) is 0 Å². The minimum absolute atomic E-state index is 0.496. The average Bonchev–Trinajstić information content (AvgIpc) is 2.42. The first kappa shape index (κ1) is 19.4. The lowest BCUT2D eigenvalue weighted by Crippen LogP contribution is -2.36. The highest BCUT2D eigenvalue weighted by molar-refractivity contribution is 6.04. The summed E-state index contributed by atoms with van der Waals surface area (Å²) < 4.78 is 0. The Morgan fingerprint density at radius 2 is 1.00 bits per heavy atom. The lowest BCUT2D eigenvalue weighted by molar-refractivity contribution is 0.106. The van der Waals surface area contributed by atoms with Gasteiger partial charge in [-0.1, -0.05) is 27.7 Å². The first-order valence-corrected chi connectivity index (χ1v) is 10.0. The fraction of sp³-hybridized carbons (Fsp3) is 1.00. The van der Waals surface area contributed by atoms with Crippen LogP contribution in [0.5, 0.6) is 0 Å². The van der Waals surface area contributed by atoms with Gasteiger partial charge in [-0.15, -0.1) is 0 Å². The van der Waals surface area contributed by atoms with Gasteiger partial charge >= 0.3 is 0 Å². The number of hydrogen-bond acceptors (Lipinski definition) is 2. The van der Waals surface area contributed by atoms with Gasteiger partial charge in [-0.3, -0.25) is 0 Å². The van der Waals surface area contributed by atoms with Gasteiger partial charge in [0.25, 0.3) is 0 Å². The van der Waals surface area contributed by atoms with Crippen molar-refractivity contribution in [3.05, 3.63) is 0 Å². The smallest absolute Gasteiger partial charge is 0.185 e. The third kappa shape index (κ3) is 6.82. The molecule has 0 bridgehead atoms. The predicted octanol–water partition coefficient (Wildman–Crippen LogP) is 2.73. The van der Waals surface area contributed by atoms with Gasteiger partial charge in [-0.25, -0.2) is 0 Å². The van der Waals surface area contributed by atoms with Crippen molar-refractivity contribution in [2.75, 3.05) is 26.2 Å². The van der Waals surface area contributed by atoms with E-state index in [4.69, 9.17) is 0 Å². The number of piperidine rings is 2. The highest BCUT2D eigenvalue weighted by atomic mass is 15.0. The molecule has 23 heavy (non-hydrogen) atoms. The molecule has 2 aliphatic heterocycles. The summed E-state index contributed by atoms with van der Waals surface area (Å²) in [6.45, 7) is 15.3. The van der Waals surface area contributed by atoms with Gasteiger partial charge in [0.05, 0.1) is 0 Å². The van der Waals surface area contributed by atoms with Crippen LogP contribution >= 0.6 is 0 Å². The Morgan fingerprint density at radius 3 is 1.30 bits per heavy atom.